The van der Waals surface area contributed by atoms with Crippen molar-refractivity contribution in [2.24, 2.45) is 5.92 Å². The van der Waals surface area contributed by atoms with Crippen LogP contribution in [0.3, 0.4) is 0 Å². The molecule has 92 valence electrons. The largest absolute Gasteiger partial charge is 0.466 e. The molecule has 1 fully saturated rings. The van der Waals surface area contributed by atoms with Gasteiger partial charge in [0.25, 0.3) is 0 Å². The topological polar surface area (TPSA) is 72.8 Å². The van der Waals surface area contributed by atoms with Gasteiger partial charge >= 0.3 is 11.9 Å². The molecular weight excluding hydrogens is 212 g/mol. The van der Waals surface area contributed by atoms with Gasteiger partial charge < -0.3 is 14.6 Å². The summed E-state index contributed by atoms with van der Waals surface area (Å²) in [6.45, 7) is 2.02. The monoisotopic (exact) mass is 230 g/mol. The maximum Gasteiger partial charge on any atom is 0.309 e. The molecule has 1 aliphatic heterocycles. The average molecular weight is 230 g/mol. The van der Waals surface area contributed by atoms with Crippen LogP contribution in [0.5, 0.6) is 0 Å². The molecule has 2 unspecified atom stereocenters. The predicted molar refractivity (Wildman–Crippen MR) is 55.6 cm³/mol. The Morgan fingerprint density at radius 2 is 2.38 bits per heavy atom. The molecule has 5 heteroatoms. The predicted octanol–water partition coefficient (Wildman–Crippen LogP) is 0.644. The molecule has 5 nitrogen and oxygen atoms in total. The van der Waals surface area contributed by atoms with E-state index in [4.69, 9.17) is 14.6 Å². The fraction of sp³-hybridized carbons (Fsp3) is 0.818. The molecule has 16 heavy (non-hydrogen) atoms. The lowest BCUT2D eigenvalue weighted by Crippen LogP contribution is -2.10. The van der Waals surface area contributed by atoms with E-state index in [0.29, 0.717) is 32.3 Å². The molecule has 0 aromatic rings. The first-order valence-corrected chi connectivity index (χ1v) is 5.64. The summed E-state index contributed by atoms with van der Waals surface area (Å²) in [4.78, 5) is 22.3. The third kappa shape index (κ3) is 3.81. The van der Waals surface area contributed by atoms with E-state index < -0.39 is 0 Å². The Bertz CT molecular complexity index is 251. The number of aliphatic hydroxyl groups is 1. The minimum Gasteiger partial charge on any atom is -0.466 e. The maximum absolute atomic E-state index is 11.3. The van der Waals surface area contributed by atoms with Gasteiger partial charge in [0.05, 0.1) is 19.1 Å². The third-order valence-corrected chi connectivity index (χ3v) is 2.61. The van der Waals surface area contributed by atoms with Crippen molar-refractivity contribution in [2.45, 2.75) is 38.7 Å². The van der Waals surface area contributed by atoms with Gasteiger partial charge in [-0.3, -0.25) is 9.59 Å². The summed E-state index contributed by atoms with van der Waals surface area (Å²) in [5.74, 6) is -0.665. The summed E-state index contributed by atoms with van der Waals surface area (Å²) < 4.78 is 9.70. The van der Waals surface area contributed by atoms with Gasteiger partial charge in [0.2, 0.25) is 0 Å². The van der Waals surface area contributed by atoms with Crippen molar-refractivity contribution < 1.29 is 24.2 Å². The second kappa shape index (κ2) is 6.48. The van der Waals surface area contributed by atoms with Crippen molar-refractivity contribution in [1.29, 1.82) is 0 Å². The van der Waals surface area contributed by atoms with Gasteiger partial charge in [-0.25, -0.2) is 0 Å². The van der Waals surface area contributed by atoms with Crippen LogP contribution in [0.15, 0.2) is 0 Å². The summed E-state index contributed by atoms with van der Waals surface area (Å²) in [7, 11) is 0. The number of ether oxygens (including phenoxy) is 2. The molecule has 0 aromatic heterocycles. The lowest BCUT2D eigenvalue weighted by Gasteiger charge is -2.04. The van der Waals surface area contributed by atoms with E-state index in [1.165, 1.54) is 0 Å². The van der Waals surface area contributed by atoms with Gasteiger partial charge in [-0.15, -0.1) is 0 Å². The van der Waals surface area contributed by atoms with Crippen LogP contribution < -0.4 is 0 Å². The van der Waals surface area contributed by atoms with Crippen molar-refractivity contribution >= 4 is 11.9 Å². The smallest absolute Gasteiger partial charge is 0.309 e. The quantitative estimate of drug-likeness (QED) is 0.678. The highest BCUT2D eigenvalue weighted by Crippen LogP contribution is 2.25. The van der Waals surface area contributed by atoms with Crippen LogP contribution in [0.4, 0.5) is 0 Å². The van der Waals surface area contributed by atoms with Crippen molar-refractivity contribution in [1.82, 2.24) is 0 Å². The standard InChI is InChI=1S/C11H18O5/c1-2-15-10(13)5-3-4-8-6-9(7-12)16-11(8)14/h8-9,12H,2-7H2,1H3. The summed E-state index contributed by atoms with van der Waals surface area (Å²) in [6.07, 6.45) is 1.77. The zero-order valence-corrected chi connectivity index (χ0v) is 9.48. The second-order valence-electron chi connectivity index (χ2n) is 3.87. The van der Waals surface area contributed by atoms with Crippen molar-refractivity contribution in [3.05, 3.63) is 0 Å². The fourth-order valence-corrected chi connectivity index (χ4v) is 1.80. The van der Waals surface area contributed by atoms with E-state index in [1.54, 1.807) is 6.92 Å². The molecule has 0 spiro atoms. The van der Waals surface area contributed by atoms with E-state index in [-0.39, 0.29) is 30.6 Å². The van der Waals surface area contributed by atoms with Crippen LogP contribution >= 0.6 is 0 Å². The highest BCUT2D eigenvalue weighted by molar-refractivity contribution is 5.74. The van der Waals surface area contributed by atoms with Gasteiger partial charge in [0, 0.05) is 6.42 Å². The van der Waals surface area contributed by atoms with Gasteiger partial charge in [0.15, 0.2) is 0 Å². The number of carbonyl (C=O) groups is 2. The van der Waals surface area contributed by atoms with Crippen LogP contribution in [-0.4, -0.2) is 36.4 Å². The molecule has 1 saturated heterocycles. The van der Waals surface area contributed by atoms with E-state index in [2.05, 4.69) is 0 Å². The van der Waals surface area contributed by atoms with Crippen LogP contribution in [-0.2, 0) is 19.1 Å². The van der Waals surface area contributed by atoms with Crippen molar-refractivity contribution in [3.63, 3.8) is 0 Å². The number of aliphatic hydroxyl groups excluding tert-OH is 1. The molecule has 0 radical (unpaired) electrons. The second-order valence-corrected chi connectivity index (χ2v) is 3.87. The Morgan fingerprint density at radius 3 is 2.94 bits per heavy atom. The molecule has 0 aromatic carbocycles. The molecule has 2 atom stereocenters. The summed E-state index contributed by atoms with van der Waals surface area (Å²) in [6, 6.07) is 0. The first kappa shape index (κ1) is 13.0. The lowest BCUT2D eigenvalue weighted by molar-refractivity contribution is -0.146. The number of esters is 2. The molecule has 1 heterocycles. The van der Waals surface area contributed by atoms with Gasteiger partial charge in [0.1, 0.15) is 6.10 Å². The Hall–Kier alpha value is -1.10. The van der Waals surface area contributed by atoms with Crippen LogP contribution in [0.1, 0.15) is 32.6 Å². The Morgan fingerprint density at radius 1 is 1.62 bits per heavy atom. The van der Waals surface area contributed by atoms with Gasteiger partial charge in [-0.1, -0.05) is 0 Å². The molecular formula is C11H18O5. The van der Waals surface area contributed by atoms with E-state index >= 15 is 0 Å². The van der Waals surface area contributed by atoms with Gasteiger partial charge in [-0.05, 0) is 26.2 Å². The van der Waals surface area contributed by atoms with Crippen molar-refractivity contribution in [3.8, 4) is 0 Å². The zero-order chi connectivity index (χ0) is 12.0. The first-order chi connectivity index (χ1) is 7.67. The Labute approximate surface area is 94.7 Å². The summed E-state index contributed by atoms with van der Waals surface area (Å²) in [5, 5.41) is 8.83. The fourth-order valence-electron chi connectivity index (χ4n) is 1.80. The number of hydrogen-bond acceptors (Lipinski definition) is 5. The number of cyclic esters (lactones) is 1. The van der Waals surface area contributed by atoms with Crippen LogP contribution in [0.25, 0.3) is 0 Å². The van der Waals surface area contributed by atoms with E-state index in [0.717, 1.165) is 0 Å². The van der Waals surface area contributed by atoms with E-state index in [9.17, 15) is 9.59 Å². The maximum atomic E-state index is 11.3. The minimum atomic E-state index is -0.361. The Balaban J connectivity index is 2.18. The molecule has 0 amide bonds. The van der Waals surface area contributed by atoms with E-state index in [1.807, 2.05) is 0 Å². The molecule has 0 aliphatic carbocycles. The molecule has 1 aliphatic rings. The molecule has 0 bridgehead atoms. The molecule has 1 N–H and O–H groups in total. The highest BCUT2D eigenvalue weighted by atomic mass is 16.6. The van der Waals surface area contributed by atoms with Crippen LogP contribution in [0.2, 0.25) is 0 Å². The van der Waals surface area contributed by atoms with Crippen LogP contribution in [0, 0.1) is 5.92 Å². The number of hydrogen-bond donors (Lipinski definition) is 1. The zero-order valence-electron chi connectivity index (χ0n) is 9.48. The normalized spacial score (nSPS) is 24.2. The molecule has 0 saturated carbocycles. The SMILES string of the molecule is CCOC(=O)CCCC1CC(CO)OC1=O. The minimum absolute atomic E-state index is 0.125. The Kier molecular flexibility index (Phi) is 5.25. The lowest BCUT2D eigenvalue weighted by atomic mass is 9.98. The third-order valence-electron chi connectivity index (χ3n) is 2.61. The molecule has 1 rings (SSSR count). The van der Waals surface area contributed by atoms with Crippen molar-refractivity contribution in [2.75, 3.05) is 13.2 Å². The van der Waals surface area contributed by atoms with Gasteiger partial charge in [-0.2, -0.15) is 0 Å². The number of rotatable bonds is 6. The summed E-state index contributed by atoms with van der Waals surface area (Å²) >= 11 is 0. The number of carbonyl (C=O) groups excluding carboxylic acids is 2. The average Bonchev–Trinajstić information content (AvgIpc) is 2.60. The first-order valence-electron chi connectivity index (χ1n) is 5.64. The highest BCUT2D eigenvalue weighted by Gasteiger charge is 2.33. The summed E-state index contributed by atoms with van der Waals surface area (Å²) in [5.41, 5.74) is 0.